The average molecular weight is 491 g/mol. The summed E-state index contributed by atoms with van der Waals surface area (Å²) in [6.45, 7) is 5.43. The SMILES string of the molecule is CC1=C(C(=O)[O-])C(c2cccc([N+](=O)[O-])c2)C(C(=O)O[C@@H]2CCCN(Cc3ccccc3)C2)=C(C)N1. The molecule has 9 nitrogen and oxygen atoms in total. The zero-order valence-electron chi connectivity index (χ0n) is 20.2. The minimum Gasteiger partial charge on any atom is -0.545 e. The van der Waals surface area contributed by atoms with Gasteiger partial charge in [0.2, 0.25) is 0 Å². The van der Waals surface area contributed by atoms with Crippen LogP contribution in [-0.2, 0) is 20.9 Å². The van der Waals surface area contributed by atoms with E-state index in [2.05, 4.69) is 22.3 Å². The van der Waals surface area contributed by atoms with Crippen molar-refractivity contribution in [2.24, 2.45) is 0 Å². The highest BCUT2D eigenvalue weighted by molar-refractivity contribution is 5.98. The number of esters is 1. The Morgan fingerprint density at radius 3 is 2.50 bits per heavy atom. The molecule has 1 N–H and O–H groups in total. The molecule has 1 unspecified atom stereocenters. The Hall–Kier alpha value is -3.98. The smallest absolute Gasteiger partial charge is 0.337 e. The van der Waals surface area contributed by atoms with Crippen LogP contribution in [0.5, 0.6) is 0 Å². The molecule has 1 fully saturated rings. The summed E-state index contributed by atoms with van der Waals surface area (Å²) in [5, 5.41) is 26.4. The highest BCUT2D eigenvalue weighted by Crippen LogP contribution is 2.39. The van der Waals surface area contributed by atoms with E-state index in [0.717, 1.165) is 19.5 Å². The van der Waals surface area contributed by atoms with E-state index in [0.29, 0.717) is 29.9 Å². The standard InChI is InChI=1S/C27H29N3O6/c1-17-23(26(31)32)25(20-10-6-11-21(14-20)30(34)35)24(18(2)28-17)27(33)36-22-12-7-13-29(16-22)15-19-8-4-3-5-9-19/h3-6,8-11,14,22,25,28H,7,12-13,15-16H2,1-2H3,(H,31,32)/p-1/t22-,25?/m1/s1. The van der Waals surface area contributed by atoms with Gasteiger partial charge in [-0.15, -0.1) is 0 Å². The summed E-state index contributed by atoms with van der Waals surface area (Å²) < 4.78 is 5.91. The van der Waals surface area contributed by atoms with Crippen molar-refractivity contribution in [3.05, 3.63) is 98.4 Å². The molecule has 2 aromatic carbocycles. The van der Waals surface area contributed by atoms with Crippen molar-refractivity contribution in [1.82, 2.24) is 10.2 Å². The Kier molecular flexibility index (Phi) is 7.49. The van der Waals surface area contributed by atoms with E-state index in [1.165, 1.54) is 23.8 Å². The molecule has 2 aromatic rings. The number of nitrogens with one attached hydrogen (secondary N) is 1. The van der Waals surface area contributed by atoms with Crippen molar-refractivity contribution >= 4 is 17.6 Å². The lowest BCUT2D eigenvalue weighted by molar-refractivity contribution is -0.384. The van der Waals surface area contributed by atoms with E-state index in [1.807, 2.05) is 18.2 Å². The maximum absolute atomic E-state index is 13.5. The van der Waals surface area contributed by atoms with Crippen LogP contribution in [0.3, 0.4) is 0 Å². The molecular formula is C27H28N3O6-. The Balaban J connectivity index is 1.60. The van der Waals surface area contributed by atoms with Gasteiger partial charge in [-0.2, -0.15) is 0 Å². The second kappa shape index (κ2) is 10.7. The second-order valence-corrected chi connectivity index (χ2v) is 9.17. The summed E-state index contributed by atoms with van der Waals surface area (Å²) in [6.07, 6.45) is 1.19. The van der Waals surface area contributed by atoms with Crippen molar-refractivity contribution in [2.45, 2.75) is 45.3 Å². The number of nitrogens with zero attached hydrogens (tertiary/aromatic N) is 2. The molecule has 0 amide bonds. The van der Waals surface area contributed by atoms with Gasteiger partial charge in [0.1, 0.15) is 6.10 Å². The summed E-state index contributed by atoms with van der Waals surface area (Å²) in [5.41, 5.74) is 2.00. The minimum atomic E-state index is -1.46. The van der Waals surface area contributed by atoms with Crippen LogP contribution in [0.15, 0.2) is 77.1 Å². The normalized spacial score (nSPS) is 20.6. The zero-order chi connectivity index (χ0) is 25.8. The Bertz CT molecular complexity index is 1240. The van der Waals surface area contributed by atoms with Gasteiger partial charge in [0.05, 0.1) is 16.5 Å². The number of benzene rings is 2. The molecule has 4 rings (SSSR count). The van der Waals surface area contributed by atoms with Gasteiger partial charge in [0.15, 0.2) is 0 Å². The van der Waals surface area contributed by atoms with Crippen LogP contribution in [0.1, 0.15) is 43.7 Å². The van der Waals surface area contributed by atoms with Crippen LogP contribution in [0.2, 0.25) is 0 Å². The van der Waals surface area contributed by atoms with Crippen LogP contribution in [0.4, 0.5) is 5.69 Å². The zero-order valence-corrected chi connectivity index (χ0v) is 20.2. The van der Waals surface area contributed by atoms with Crippen LogP contribution in [0.25, 0.3) is 0 Å². The lowest BCUT2D eigenvalue weighted by Crippen LogP contribution is -2.42. The summed E-state index contributed by atoms with van der Waals surface area (Å²) in [5.74, 6) is -3.16. The summed E-state index contributed by atoms with van der Waals surface area (Å²) in [4.78, 5) is 38.7. The second-order valence-electron chi connectivity index (χ2n) is 9.17. The van der Waals surface area contributed by atoms with Crippen molar-refractivity contribution in [1.29, 1.82) is 0 Å². The molecule has 2 aliphatic heterocycles. The number of aliphatic carboxylic acids is 1. The Morgan fingerprint density at radius 1 is 1.08 bits per heavy atom. The fourth-order valence-electron chi connectivity index (χ4n) is 5.00. The van der Waals surface area contributed by atoms with Gasteiger partial charge in [-0.05, 0) is 44.4 Å². The van der Waals surface area contributed by atoms with Gasteiger partial charge in [0, 0.05) is 48.1 Å². The number of carboxylic acids is 1. The first kappa shape index (κ1) is 25.1. The van der Waals surface area contributed by atoms with E-state index in [4.69, 9.17) is 4.74 Å². The number of allylic oxidation sites excluding steroid dienone is 2. The monoisotopic (exact) mass is 490 g/mol. The molecule has 2 atom stereocenters. The number of nitro benzene ring substituents is 1. The van der Waals surface area contributed by atoms with Crippen molar-refractivity contribution in [3.8, 4) is 0 Å². The van der Waals surface area contributed by atoms with E-state index in [1.54, 1.807) is 19.9 Å². The molecule has 2 aliphatic rings. The molecule has 36 heavy (non-hydrogen) atoms. The molecule has 9 heteroatoms. The number of likely N-dealkylation sites (tertiary alicyclic amines) is 1. The van der Waals surface area contributed by atoms with Gasteiger partial charge in [-0.3, -0.25) is 15.0 Å². The fourth-order valence-corrected chi connectivity index (χ4v) is 5.00. The van der Waals surface area contributed by atoms with Crippen LogP contribution >= 0.6 is 0 Å². The summed E-state index contributed by atoms with van der Waals surface area (Å²) in [7, 11) is 0. The predicted molar refractivity (Wildman–Crippen MR) is 130 cm³/mol. The number of piperidine rings is 1. The van der Waals surface area contributed by atoms with E-state index < -0.39 is 22.8 Å². The maximum Gasteiger partial charge on any atom is 0.337 e. The van der Waals surface area contributed by atoms with Crippen molar-refractivity contribution in [3.63, 3.8) is 0 Å². The van der Waals surface area contributed by atoms with E-state index in [-0.39, 0.29) is 22.9 Å². The summed E-state index contributed by atoms with van der Waals surface area (Å²) >= 11 is 0. The van der Waals surface area contributed by atoms with Crippen LogP contribution in [-0.4, -0.2) is 41.0 Å². The molecule has 1 saturated heterocycles. The highest BCUT2D eigenvalue weighted by Gasteiger charge is 2.36. The molecule has 0 aliphatic carbocycles. The van der Waals surface area contributed by atoms with E-state index in [9.17, 15) is 24.8 Å². The number of hydrogen-bond acceptors (Lipinski definition) is 8. The molecule has 0 bridgehead atoms. The molecule has 188 valence electrons. The number of ether oxygens (including phenoxy) is 1. The van der Waals surface area contributed by atoms with Crippen molar-refractivity contribution in [2.75, 3.05) is 13.1 Å². The number of non-ortho nitro benzene ring substituents is 1. The largest absolute Gasteiger partial charge is 0.545 e. The predicted octanol–water partition coefficient (Wildman–Crippen LogP) is 2.79. The first-order valence-electron chi connectivity index (χ1n) is 11.9. The van der Waals surface area contributed by atoms with Crippen LogP contribution < -0.4 is 10.4 Å². The van der Waals surface area contributed by atoms with Crippen molar-refractivity contribution < 1.29 is 24.4 Å². The van der Waals surface area contributed by atoms with Gasteiger partial charge >= 0.3 is 5.97 Å². The number of carboxylic acid groups (broad SMARTS) is 1. The highest BCUT2D eigenvalue weighted by atomic mass is 16.6. The van der Waals surface area contributed by atoms with Crippen LogP contribution in [0, 0.1) is 10.1 Å². The number of rotatable bonds is 7. The van der Waals surface area contributed by atoms with Gasteiger partial charge in [-0.25, -0.2) is 4.79 Å². The number of carbonyl (C=O) groups is 2. The number of carbonyl (C=O) groups excluding carboxylic acids is 2. The first-order chi connectivity index (χ1) is 17.2. The molecule has 0 spiro atoms. The molecule has 0 saturated carbocycles. The lowest BCUT2D eigenvalue weighted by Gasteiger charge is -2.35. The minimum absolute atomic E-state index is 0.112. The lowest BCUT2D eigenvalue weighted by atomic mass is 9.80. The van der Waals surface area contributed by atoms with E-state index >= 15 is 0 Å². The Labute approximate surface area is 209 Å². The number of dihydropyridines is 1. The first-order valence-corrected chi connectivity index (χ1v) is 11.9. The topological polar surface area (TPSA) is 125 Å². The van der Waals surface area contributed by atoms with Gasteiger partial charge in [-0.1, -0.05) is 42.5 Å². The molecule has 0 aromatic heterocycles. The quantitative estimate of drug-likeness (QED) is 0.357. The third-order valence-corrected chi connectivity index (χ3v) is 6.60. The molecule has 0 radical (unpaired) electrons. The molecule has 2 heterocycles. The van der Waals surface area contributed by atoms with Gasteiger partial charge < -0.3 is 20.0 Å². The number of nitro groups is 1. The number of hydrogen-bond donors (Lipinski definition) is 1. The fraction of sp³-hybridized carbons (Fsp3) is 0.333. The average Bonchev–Trinajstić information content (AvgIpc) is 2.84. The third kappa shape index (κ3) is 5.46. The Morgan fingerprint density at radius 2 is 1.81 bits per heavy atom. The van der Waals surface area contributed by atoms with Gasteiger partial charge in [0.25, 0.3) is 5.69 Å². The third-order valence-electron chi connectivity index (χ3n) is 6.60. The summed E-state index contributed by atoms with van der Waals surface area (Å²) in [6, 6.07) is 15.7. The maximum atomic E-state index is 13.5. The molecular weight excluding hydrogens is 462 g/mol.